The molecule has 0 spiro atoms. The number of rotatable bonds is 4. The van der Waals surface area contributed by atoms with Crippen LogP contribution in [0, 0.1) is 12.8 Å². The van der Waals surface area contributed by atoms with Crippen LogP contribution in [0.1, 0.15) is 17.5 Å². The number of aryl methyl sites for hydroxylation is 1. The summed E-state index contributed by atoms with van der Waals surface area (Å²) in [4.78, 5) is 28.9. The molecule has 0 saturated carbocycles. The molecular weight excluding hydrogens is 356 g/mol. The van der Waals surface area contributed by atoms with Gasteiger partial charge in [0.2, 0.25) is 11.8 Å². The molecule has 0 aromatic heterocycles. The van der Waals surface area contributed by atoms with E-state index in [4.69, 9.17) is 9.47 Å². The van der Waals surface area contributed by atoms with Gasteiger partial charge in [0.05, 0.1) is 5.92 Å². The quantitative estimate of drug-likeness (QED) is 0.818. The highest BCUT2D eigenvalue weighted by Crippen LogP contribution is 2.36. The van der Waals surface area contributed by atoms with Crippen LogP contribution in [0.4, 0.5) is 5.69 Å². The van der Waals surface area contributed by atoms with Gasteiger partial charge in [-0.2, -0.15) is 0 Å². The summed E-state index contributed by atoms with van der Waals surface area (Å²) in [6, 6.07) is 13.5. The minimum atomic E-state index is -0.338. The molecule has 146 valence electrons. The number of hydrogen-bond acceptors (Lipinski definition) is 4. The predicted molar refractivity (Wildman–Crippen MR) is 106 cm³/mol. The van der Waals surface area contributed by atoms with E-state index in [1.54, 1.807) is 16.8 Å². The third-order valence-corrected chi connectivity index (χ3v) is 5.36. The van der Waals surface area contributed by atoms with E-state index >= 15 is 0 Å². The average Bonchev–Trinajstić information content (AvgIpc) is 3.10. The number of fused-ring (bicyclic) bond motifs is 1. The van der Waals surface area contributed by atoms with Crippen LogP contribution in [0.25, 0.3) is 0 Å². The molecule has 1 unspecified atom stereocenters. The third kappa shape index (κ3) is 3.54. The molecule has 0 aliphatic carbocycles. The van der Waals surface area contributed by atoms with Crippen molar-refractivity contribution in [3.8, 4) is 11.5 Å². The average molecular weight is 380 g/mol. The van der Waals surface area contributed by atoms with E-state index in [9.17, 15) is 9.59 Å². The van der Waals surface area contributed by atoms with Gasteiger partial charge >= 0.3 is 0 Å². The fourth-order valence-corrected chi connectivity index (χ4v) is 3.76. The molecule has 6 heteroatoms. The summed E-state index contributed by atoms with van der Waals surface area (Å²) in [5, 5.41) is 0. The Hall–Kier alpha value is -3.02. The van der Waals surface area contributed by atoms with Crippen LogP contribution in [0.5, 0.6) is 11.5 Å². The van der Waals surface area contributed by atoms with Crippen LogP contribution >= 0.6 is 0 Å². The summed E-state index contributed by atoms with van der Waals surface area (Å²) >= 11 is 0. The van der Waals surface area contributed by atoms with Crippen molar-refractivity contribution in [2.75, 3.05) is 31.7 Å². The Kier molecular flexibility index (Phi) is 4.94. The largest absolute Gasteiger partial charge is 0.486 e. The van der Waals surface area contributed by atoms with Gasteiger partial charge < -0.3 is 19.3 Å². The van der Waals surface area contributed by atoms with Crippen LogP contribution in [0.2, 0.25) is 0 Å². The van der Waals surface area contributed by atoms with Crippen molar-refractivity contribution in [1.29, 1.82) is 0 Å². The van der Waals surface area contributed by atoms with E-state index in [0.717, 1.165) is 16.8 Å². The normalized spacial score (nSPS) is 18.3. The topological polar surface area (TPSA) is 59.1 Å². The fourth-order valence-electron chi connectivity index (χ4n) is 3.76. The maximum absolute atomic E-state index is 12.9. The predicted octanol–water partition coefficient (Wildman–Crippen LogP) is 2.78. The first-order valence-electron chi connectivity index (χ1n) is 9.52. The van der Waals surface area contributed by atoms with Gasteiger partial charge in [-0.1, -0.05) is 24.3 Å². The van der Waals surface area contributed by atoms with Crippen molar-refractivity contribution in [2.24, 2.45) is 5.92 Å². The monoisotopic (exact) mass is 380 g/mol. The second-order valence-corrected chi connectivity index (χ2v) is 7.35. The minimum Gasteiger partial charge on any atom is -0.486 e. The van der Waals surface area contributed by atoms with E-state index in [2.05, 4.69) is 0 Å². The Morgan fingerprint density at radius 2 is 1.89 bits per heavy atom. The Morgan fingerprint density at radius 1 is 1.14 bits per heavy atom. The molecular formula is C22H24N2O4. The zero-order valence-corrected chi connectivity index (χ0v) is 16.2. The smallest absolute Gasteiger partial charge is 0.228 e. The molecule has 2 aromatic rings. The Balaban J connectivity index is 1.45. The van der Waals surface area contributed by atoms with Crippen molar-refractivity contribution in [1.82, 2.24) is 4.90 Å². The maximum atomic E-state index is 12.9. The highest BCUT2D eigenvalue weighted by Gasteiger charge is 2.37. The van der Waals surface area contributed by atoms with Crippen molar-refractivity contribution in [2.45, 2.75) is 19.9 Å². The van der Waals surface area contributed by atoms with Gasteiger partial charge in [-0.15, -0.1) is 0 Å². The van der Waals surface area contributed by atoms with E-state index in [0.29, 0.717) is 37.8 Å². The molecule has 1 fully saturated rings. The molecule has 2 amide bonds. The Labute approximate surface area is 164 Å². The number of hydrogen-bond donors (Lipinski definition) is 0. The van der Waals surface area contributed by atoms with Gasteiger partial charge in [0.15, 0.2) is 11.5 Å². The van der Waals surface area contributed by atoms with Crippen LogP contribution < -0.4 is 14.4 Å². The molecule has 0 N–H and O–H groups in total. The minimum absolute atomic E-state index is 0.00311. The summed E-state index contributed by atoms with van der Waals surface area (Å²) < 4.78 is 11.1. The molecule has 2 aliphatic rings. The highest BCUT2D eigenvalue weighted by atomic mass is 16.6. The van der Waals surface area contributed by atoms with Crippen molar-refractivity contribution in [3.05, 3.63) is 53.6 Å². The van der Waals surface area contributed by atoms with E-state index in [1.807, 2.05) is 49.4 Å². The zero-order chi connectivity index (χ0) is 19.7. The number of benzene rings is 2. The number of anilines is 1. The lowest BCUT2D eigenvalue weighted by molar-refractivity contribution is -0.135. The summed E-state index contributed by atoms with van der Waals surface area (Å²) in [5.41, 5.74) is 3.01. The standard InChI is InChI=1S/C22H24N2O4/c1-15-5-3-4-6-16(15)13-23(2)22(26)17-11-21(25)24(14-17)18-7-8-19-20(12-18)28-10-9-27-19/h3-8,12,17H,9-11,13-14H2,1-2H3. The number of carbonyl (C=O) groups is 2. The maximum Gasteiger partial charge on any atom is 0.228 e. The fraction of sp³-hybridized carbons (Fsp3) is 0.364. The number of nitrogens with zero attached hydrogens (tertiary/aromatic N) is 2. The van der Waals surface area contributed by atoms with Gasteiger partial charge in [0.25, 0.3) is 0 Å². The van der Waals surface area contributed by atoms with Crippen molar-refractivity contribution in [3.63, 3.8) is 0 Å². The number of amides is 2. The molecule has 0 bridgehead atoms. The van der Waals surface area contributed by atoms with Crippen LogP contribution in [0.15, 0.2) is 42.5 Å². The lowest BCUT2D eigenvalue weighted by Crippen LogP contribution is -2.34. The van der Waals surface area contributed by atoms with Gasteiger partial charge in [0, 0.05) is 38.3 Å². The molecule has 2 heterocycles. The lowest BCUT2D eigenvalue weighted by atomic mass is 10.1. The number of carbonyl (C=O) groups excluding carboxylic acids is 2. The highest BCUT2D eigenvalue weighted by molar-refractivity contribution is 6.00. The van der Waals surface area contributed by atoms with Gasteiger partial charge in [-0.05, 0) is 30.2 Å². The second-order valence-electron chi connectivity index (χ2n) is 7.35. The summed E-state index contributed by atoms with van der Waals surface area (Å²) in [6.07, 6.45) is 0.228. The molecule has 6 nitrogen and oxygen atoms in total. The van der Waals surface area contributed by atoms with Gasteiger partial charge in [-0.25, -0.2) is 0 Å². The molecule has 28 heavy (non-hydrogen) atoms. The lowest BCUT2D eigenvalue weighted by Gasteiger charge is -2.23. The van der Waals surface area contributed by atoms with E-state index in [-0.39, 0.29) is 24.2 Å². The first-order chi connectivity index (χ1) is 13.5. The Bertz CT molecular complexity index is 911. The van der Waals surface area contributed by atoms with Crippen LogP contribution in [0.3, 0.4) is 0 Å². The van der Waals surface area contributed by atoms with Crippen molar-refractivity contribution >= 4 is 17.5 Å². The second kappa shape index (κ2) is 7.54. The van der Waals surface area contributed by atoms with Gasteiger partial charge in [-0.3, -0.25) is 9.59 Å². The SMILES string of the molecule is Cc1ccccc1CN(C)C(=O)C1CC(=O)N(c2ccc3c(c2)OCCO3)C1. The number of ether oxygens (including phenoxy) is 2. The van der Waals surface area contributed by atoms with Crippen molar-refractivity contribution < 1.29 is 19.1 Å². The van der Waals surface area contributed by atoms with Crippen LogP contribution in [-0.4, -0.2) is 43.5 Å². The molecule has 0 radical (unpaired) electrons. The van der Waals surface area contributed by atoms with Gasteiger partial charge in [0.1, 0.15) is 13.2 Å². The van der Waals surface area contributed by atoms with E-state index in [1.165, 1.54) is 0 Å². The molecule has 4 rings (SSSR count). The summed E-state index contributed by atoms with van der Waals surface area (Å²) in [5.74, 6) is 0.945. The molecule has 1 saturated heterocycles. The van der Waals surface area contributed by atoms with Crippen LogP contribution in [-0.2, 0) is 16.1 Å². The Morgan fingerprint density at radius 3 is 2.68 bits per heavy atom. The molecule has 1 atom stereocenters. The zero-order valence-electron chi connectivity index (χ0n) is 16.2. The summed E-state index contributed by atoms with van der Waals surface area (Å²) in [6.45, 7) is 3.99. The molecule has 2 aliphatic heterocycles. The summed E-state index contributed by atoms with van der Waals surface area (Å²) in [7, 11) is 1.80. The first-order valence-corrected chi connectivity index (χ1v) is 9.52. The first kappa shape index (κ1) is 18.3. The van der Waals surface area contributed by atoms with E-state index < -0.39 is 0 Å². The third-order valence-electron chi connectivity index (χ3n) is 5.36. The molecule has 2 aromatic carbocycles.